The number of benzene rings is 3. The van der Waals surface area contributed by atoms with Gasteiger partial charge in [-0.25, -0.2) is 0 Å². The van der Waals surface area contributed by atoms with Crippen LogP contribution in [0.1, 0.15) is 11.4 Å². The van der Waals surface area contributed by atoms with E-state index in [1.165, 1.54) is 5.56 Å². The maximum atomic E-state index is 9.68. The Labute approximate surface area is 164 Å². The molecule has 4 aromatic rings. The van der Waals surface area contributed by atoms with Gasteiger partial charge in [-0.3, -0.25) is 0 Å². The average molecular weight is 362 g/mol. The first kappa shape index (κ1) is 17.4. The lowest BCUT2D eigenvalue weighted by molar-refractivity contribution is 0.901. The van der Waals surface area contributed by atoms with Crippen molar-refractivity contribution in [1.82, 2.24) is 14.8 Å². The van der Waals surface area contributed by atoms with Gasteiger partial charge in [0.2, 0.25) is 0 Å². The molecule has 1 heterocycles. The molecule has 134 valence electrons. The van der Waals surface area contributed by atoms with Crippen LogP contribution in [0, 0.1) is 11.3 Å². The van der Waals surface area contributed by atoms with Crippen molar-refractivity contribution >= 4 is 11.6 Å². The van der Waals surface area contributed by atoms with E-state index in [-0.39, 0.29) is 0 Å². The molecule has 0 unspecified atom stereocenters. The van der Waals surface area contributed by atoms with Crippen LogP contribution in [0.25, 0.3) is 34.2 Å². The summed E-state index contributed by atoms with van der Waals surface area (Å²) in [7, 11) is 1.88. The monoisotopic (exact) mass is 362 g/mol. The third-order valence-corrected chi connectivity index (χ3v) is 4.60. The highest BCUT2D eigenvalue weighted by molar-refractivity contribution is 5.88. The van der Waals surface area contributed by atoms with Gasteiger partial charge in [-0.1, -0.05) is 84.9 Å². The molecule has 3 aromatic carbocycles. The number of hydrogen-bond acceptors (Lipinski definition) is 3. The Hall–Kier alpha value is -3.97. The topological polar surface area (TPSA) is 54.5 Å². The van der Waals surface area contributed by atoms with Crippen molar-refractivity contribution in [1.29, 1.82) is 5.26 Å². The van der Waals surface area contributed by atoms with Crippen molar-refractivity contribution in [3.63, 3.8) is 0 Å². The molecule has 0 fully saturated rings. The van der Waals surface area contributed by atoms with Crippen molar-refractivity contribution in [2.24, 2.45) is 7.05 Å². The van der Waals surface area contributed by atoms with Crippen LogP contribution in [0.15, 0.2) is 84.9 Å². The third-order valence-electron chi connectivity index (χ3n) is 4.60. The molecule has 4 rings (SSSR count). The number of hydrogen-bond donors (Lipinski definition) is 0. The van der Waals surface area contributed by atoms with Gasteiger partial charge in [0.05, 0.1) is 5.57 Å². The third kappa shape index (κ3) is 3.46. The second-order valence-corrected chi connectivity index (χ2v) is 6.43. The minimum Gasteiger partial charge on any atom is -0.310 e. The zero-order valence-electron chi connectivity index (χ0n) is 15.4. The number of rotatable bonds is 4. The average Bonchev–Trinajstić information content (AvgIpc) is 3.15. The van der Waals surface area contributed by atoms with Gasteiger partial charge >= 0.3 is 0 Å². The van der Waals surface area contributed by atoms with Gasteiger partial charge in [0.1, 0.15) is 6.07 Å². The lowest BCUT2D eigenvalue weighted by atomic mass is 10.0. The van der Waals surface area contributed by atoms with Gasteiger partial charge in [-0.05, 0) is 22.8 Å². The molecule has 0 aliphatic heterocycles. The highest BCUT2D eigenvalue weighted by Crippen LogP contribution is 2.24. The minimum absolute atomic E-state index is 0.477. The summed E-state index contributed by atoms with van der Waals surface area (Å²) in [5.41, 5.74) is 4.69. The molecule has 28 heavy (non-hydrogen) atoms. The van der Waals surface area contributed by atoms with Crippen LogP contribution < -0.4 is 0 Å². The van der Waals surface area contributed by atoms with Crippen LogP contribution in [0.4, 0.5) is 0 Å². The fourth-order valence-corrected chi connectivity index (χ4v) is 3.12. The van der Waals surface area contributed by atoms with E-state index in [1.807, 2.05) is 78.4 Å². The molecule has 0 aliphatic rings. The van der Waals surface area contributed by atoms with Crippen molar-refractivity contribution in [3.8, 4) is 28.6 Å². The molecular weight excluding hydrogens is 344 g/mol. The predicted octanol–water partition coefficient (Wildman–Crippen LogP) is 5.21. The van der Waals surface area contributed by atoms with Crippen LogP contribution in [0.3, 0.4) is 0 Å². The zero-order valence-corrected chi connectivity index (χ0v) is 15.4. The second kappa shape index (κ2) is 7.73. The van der Waals surface area contributed by atoms with Gasteiger partial charge in [-0.15, -0.1) is 10.2 Å². The number of aromatic nitrogens is 3. The summed E-state index contributed by atoms with van der Waals surface area (Å²) in [6, 6.07) is 30.4. The van der Waals surface area contributed by atoms with Crippen molar-refractivity contribution in [3.05, 3.63) is 96.3 Å². The van der Waals surface area contributed by atoms with Crippen LogP contribution in [-0.4, -0.2) is 14.8 Å². The van der Waals surface area contributed by atoms with E-state index in [1.54, 1.807) is 0 Å². The largest absolute Gasteiger partial charge is 0.310 e. The molecule has 0 radical (unpaired) electrons. The summed E-state index contributed by atoms with van der Waals surface area (Å²) in [6.45, 7) is 0. The number of nitrogens with zero attached hydrogens (tertiary/aromatic N) is 4. The van der Waals surface area contributed by atoms with E-state index >= 15 is 0 Å². The molecule has 0 amide bonds. The first-order valence-corrected chi connectivity index (χ1v) is 8.99. The Morgan fingerprint density at radius 2 is 1.36 bits per heavy atom. The Balaban J connectivity index is 1.66. The summed E-state index contributed by atoms with van der Waals surface area (Å²) in [4.78, 5) is 0. The maximum absolute atomic E-state index is 9.68. The summed E-state index contributed by atoms with van der Waals surface area (Å²) < 4.78 is 1.85. The minimum atomic E-state index is 0.477. The Bertz CT molecular complexity index is 1150. The predicted molar refractivity (Wildman–Crippen MR) is 112 cm³/mol. The lowest BCUT2D eigenvalue weighted by Gasteiger charge is -2.04. The molecule has 0 spiro atoms. The van der Waals surface area contributed by atoms with Gasteiger partial charge in [0.25, 0.3) is 0 Å². The molecule has 0 bridgehead atoms. The van der Waals surface area contributed by atoms with Gasteiger partial charge < -0.3 is 4.57 Å². The summed E-state index contributed by atoms with van der Waals surface area (Å²) in [6.07, 6.45) is 1.84. The number of allylic oxidation sites excluding steroid dienone is 1. The molecule has 0 saturated heterocycles. The van der Waals surface area contributed by atoms with Gasteiger partial charge in [0, 0.05) is 12.6 Å². The highest BCUT2D eigenvalue weighted by atomic mass is 15.3. The van der Waals surface area contributed by atoms with Crippen LogP contribution in [-0.2, 0) is 7.05 Å². The molecule has 0 saturated carbocycles. The standard InChI is InChI=1S/C24H18N4/c1-28-23(21-10-6-3-7-11-21)26-27-24(28)22(17-25)16-18-12-14-20(15-13-18)19-8-4-2-5-9-19/h2-16H,1H3/b22-16+. The van der Waals surface area contributed by atoms with E-state index in [0.29, 0.717) is 11.4 Å². The fraction of sp³-hybridized carbons (Fsp3) is 0.0417. The first-order chi connectivity index (χ1) is 13.8. The molecule has 0 atom stereocenters. The van der Waals surface area contributed by atoms with E-state index in [9.17, 15) is 5.26 Å². The number of nitriles is 1. The Kier molecular flexibility index (Phi) is 4.81. The molecule has 0 aliphatic carbocycles. The molecule has 1 aromatic heterocycles. The lowest BCUT2D eigenvalue weighted by Crippen LogP contribution is -1.98. The van der Waals surface area contributed by atoms with E-state index in [2.05, 4.69) is 40.5 Å². The van der Waals surface area contributed by atoms with Crippen molar-refractivity contribution < 1.29 is 0 Å². The SMILES string of the molecule is Cn1c(/C(C#N)=C/c2ccc(-c3ccccc3)cc2)nnc1-c1ccccc1. The van der Waals surface area contributed by atoms with Gasteiger partial charge in [0.15, 0.2) is 11.6 Å². The zero-order chi connectivity index (χ0) is 19.3. The van der Waals surface area contributed by atoms with Crippen LogP contribution in [0.5, 0.6) is 0 Å². The first-order valence-electron chi connectivity index (χ1n) is 8.99. The van der Waals surface area contributed by atoms with Gasteiger partial charge in [-0.2, -0.15) is 5.26 Å². The van der Waals surface area contributed by atoms with Crippen molar-refractivity contribution in [2.45, 2.75) is 0 Å². The molecule has 4 nitrogen and oxygen atoms in total. The second-order valence-electron chi connectivity index (χ2n) is 6.43. The maximum Gasteiger partial charge on any atom is 0.174 e. The summed E-state index contributed by atoms with van der Waals surface area (Å²) in [5, 5.41) is 18.2. The highest BCUT2D eigenvalue weighted by Gasteiger charge is 2.14. The summed E-state index contributed by atoms with van der Waals surface area (Å²) >= 11 is 0. The molecule has 4 heteroatoms. The molecule has 0 N–H and O–H groups in total. The van der Waals surface area contributed by atoms with Crippen LogP contribution >= 0.6 is 0 Å². The smallest absolute Gasteiger partial charge is 0.174 e. The Morgan fingerprint density at radius 3 is 1.96 bits per heavy atom. The Morgan fingerprint density at radius 1 is 0.786 bits per heavy atom. The van der Waals surface area contributed by atoms with Crippen molar-refractivity contribution in [2.75, 3.05) is 0 Å². The summed E-state index contributed by atoms with van der Waals surface area (Å²) in [5.74, 6) is 1.28. The van der Waals surface area contributed by atoms with E-state index in [4.69, 9.17) is 0 Å². The molecular formula is C24H18N4. The van der Waals surface area contributed by atoms with E-state index < -0.39 is 0 Å². The normalized spacial score (nSPS) is 11.2. The quantitative estimate of drug-likeness (QED) is 0.468. The van der Waals surface area contributed by atoms with Crippen LogP contribution in [0.2, 0.25) is 0 Å². The fourth-order valence-electron chi connectivity index (χ4n) is 3.12. The van der Waals surface area contributed by atoms with E-state index in [0.717, 1.165) is 22.5 Å².